The second-order valence-electron chi connectivity index (χ2n) is 3.20. The Hall–Kier alpha value is -1.06. The average Bonchev–Trinajstić information content (AvgIpc) is 2.64. The average molecular weight is 269 g/mol. The summed E-state index contributed by atoms with van der Waals surface area (Å²) >= 11 is 0. The van der Waals surface area contributed by atoms with Crippen LogP contribution in [0.5, 0.6) is 0 Å². The van der Waals surface area contributed by atoms with Crippen LogP contribution in [0.2, 0.25) is 0 Å². The SMILES string of the molecule is Cc1ncc(S(=O)(=O)NCCOCC(F)F)[nH]1. The van der Waals surface area contributed by atoms with Crippen LogP contribution in [-0.4, -0.2) is 44.6 Å². The molecule has 9 heteroatoms. The summed E-state index contributed by atoms with van der Waals surface area (Å²) in [6.45, 7) is 0.722. The van der Waals surface area contributed by atoms with Gasteiger partial charge in [-0.2, -0.15) is 0 Å². The number of imidazole rings is 1. The fourth-order valence-electron chi connectivity index (χ4n) is 1.03. The molecule has 0 radical (unpaired) electrons. The number of alkyl halides is 2. The maximum absolute atomic E-state index is 11.7. The molecule has 0 atom stereocenters. The number of sulfonamides is 1. The Balaban J connectivity index is 2.36. The van der Waals surface area contributed by atoms with Gasteiger partial charge in [-0.3, -0.25) is 0 Å². The minimum Gasteiger partial charge on any atom is -0.374 e. The second kappa shape index (κ2) is 6.03. The van der Waals surface area contributed by atoms with E-state index in [1.54, 1.807) is 6.92 Å². The number of ether oxygens (including phenoxy) is 1. The highest BCUT2D eigenvalue weighted by molar-refractivity contribution is 7.89. The Morgan fingerprint density at radius 2 is 2.29 bits per heavy atom. The van der Waals surface area contributed by atoms with Gasteiger partial charge in [0.25, 0.3) is 16.4 Å². The summed E-state index contributed by atoms with van der Waals surface area (Å²) in [5, 5.41) is -0.0659. The molecule has 0 aliphatic rings. The Morgan fingerprint density at radius 3 is 2.82 bits per heavy atom. The first-order valence-corrected chi connectivity index (χ1v) is 6.27. The predicted molar refractivity (Wildman–Crippen MR) is 55.3 cm³/mol. The van der Waals surface area contributed by atoms with Crippen molar-refractivity contribution in [3.8, 4) is 0 Å². The number of hydrogen-bond acceptors (Lipinski definition) is 4. The third-order valence-electron chi connectivity index (χ3n) is 1.75. The van der Waals surface area contributed by atoms with Crippen LogP contribution in [0.15, 0.2) is 11.2 Å². The zero-order valence-electron chi connectivity index (χ0n) is 9.11. The van der Waals surface area contributed by atoms with E-state index in [1.807, 2.05) is 0 Å². The first-order chi connectivity index (χ1) is 7.92. The third kappa shape index (κ3) is 4.75. The Bertz CT molecular complexity index is 447. The Kier molecular flexibility index (Phi) is 4.97. The molecule has 0 fully saturated rings. The zero-order valence-corrected chi connectivity index (χ0v) is 9.93. The molecule has 0 amide bonds. The molecule has 0 saturated heterocycles. The summed E-state index contributed by atoms with van der Waals surface area (Å²) in [5.74, 6) is 0.472. The molecule has 0 aliphatic carbocycles. The van der Waals surface area contributed by atoms with Gasteiger partial charge in [-0.15, -0.1) is 0 Å². The molecule has 1 aromatic heterocycles. The van der Waals surface area contributed by atoms with Crippen molar-refractivity contribution < 1.29 is 21.9 Å². The number of nitrogens with zero attached hydrogens (tertiary/aromatic N) is 1. The molecule has 0 aliphatic heterocycles. The van der Waals surface area contributed by atoms with Crippen LogP contribution in [0.1, 0.15) is 5.82 Å². The van der Waals surface area contributed by atoms with E-state index in [-0.39, 0.29) is 18.2 Å². The van der Waals surface area contributed by atoms with Gasteiger partial charge < -0.3 is 9.72 Å². The maximum Gasteiger partial charge on any atom is 0.261 e. The number of aromatic nitrogens is 2. The van der Waals surface area contributed by atoms with Gasteiger partial charge in [0.15, 0.2) is 5.03 Å². The molecule has 1 aromatic rings. The summed E-state index contributed by atoms with van der Waals surface area (Å²) in [7, 11) is -3.68. The summed E-state index contributed by atoms with van der Waals surface area (Å²) in [5.41, 5.74) is 0. The maximum atomic E-state index is 11.7. The van der Waals surface area contributed by atoms with E-state index < -0.39 is 23.1 Å². The Labute approximate surface area is 97.4 Å². The van der Waals surface area contributed by atoms with Crippen LogP contribution in [0.4, 0.5) is 8.78 Å². The lowest BCUT2D eigenvalue weighted by molar-refractivity contribution is 0.0199. The van der Waals surface area contributed by atoms with Gasteiger partial charge in [-0.05, 0) is 6.92 Å². The summed E-state index contributed by atoms with van der Waals surface area (Å²) in [4.78, 5) is 6.30. The highest BCUT2D eigenvalue weighted by Crippen LogP contribution is 2.03. The second-order valence-corrected chi connectivity index (χ2v) is 4.93. The standard InChI is InChI=1S/C8H13F2N3O3S/c1-6-11-4-8(13-6)17(14,15)12-2-3-16-5-7(9)10/h4,7,12H,2-3,5H2,1H3,(H,11,13). The normalized spacial score (nSPS) is 12.2. The largest absolute Gasteiger partial charge is 0.374 e. The van der Waals surface area contributed by atoms with Crippen molar-refractivity contribution in [2.75, 3.05) is 19.8 Å². The number of aryl methyl sites for hydroxylation is 1. The fourth-order valence-corrected chi connectivity index (χ4v) is 2.01. The number of aromatic amines is 1. The van der Waals surface area contributed by atoms with Gasteiger partial charge in [0.2, 0.25) is 0 Å². The van der Waals surface area contributed by atoms with Gasteiger partial charge in [-0.1, -0.05) is 0 Å². The zero-order chi connectivity index (χ0) is 12.9. The van der Waals surface area contributed by atoms with Crippen molar-refractivity contribution in [3.63, 3.8) is 0 Å². The molecule has 1 rings (SSSR count). The molecule has 0 saturated carbocycles. The van der Waals surface area contributed by atoms with E-state index in [4.69, 9.17) is 0 Å². The van der Waals surface area contributed by atoms with Crippen LogP contribution < -0.4 is 4.72 Å². The third-order valence-corrected chi connectivity index (χ3v) is 3.12. The molecule has 0 aromatic carbocycles. The number of nitrogens with one attached hydrogen (secondary N) is 2. The van der Waals surface area contributed by atoms with Crippen LogP contribution in [0.25, 0.3) is 0 Å². The first-order valence-electron chi connectivity index (χ1n) is 4.79. The van der Waals surface area contributed by atoms with Crippen molar-refractivity contribution in [2.45, 2.75) is 18.4 Å². The molecule has 0 bridgehead atoms. The van der Waals surface area contributed by atoms with Crippen LogP contribution in [0.3, 0.4) is 0 Å². The first kappa shape index (κ1) is 14.0. The number of rotatable bonds is 7. The van der Waals surface area contributed by atoms with Gasteiger partial charge in [0, 0.05) is 6.54 Å². The monoisotopic (exact) mass is 269 g/mol. The lowest BCUT2D eigenvalue weighted by Crippen LogP contribution is -2.28. The van der Waals surface area contributed by atoms with E-state index in [0.29, 0.717) is 5.82 Å². The van der Waals surface area contributed by atoms with E-state index >= 15 is 0 Å². The van der Waals surface area contributed by atoms with E-state index in [0.717, 1.165) is 0 Å². The van der Waals surface area contributed by atoms with Crippen molar-refractivity contribution in [1.29, 1.82) is 0 Å². The summed E-state index contributed by atoms with van der Waals surface area (Å²) < 4.78 is 53.2. The predicted octanol–water partition coefficient (Wildman–Crippen LogP) is 0.278. The minimum atomic E-state index is -3.68. The number of halogens is 2. The lowest BCUT2D eigenvalue weighted by Gasteiger charge is -2.05. The molecular weight excluding hydrogens is 256 g/mol. The van der Waals surface area contributed by atoms with Crippen molar-refractivity contribution in [3.05, 3.63) is 12.0 Å². The van der Waals surface area contributed by atoms with Crippen LogP contribution >= 0.6 is 0 Å². The van der Waals surface area contributed by atoms with Crippen molar-refractivity contribution >= 4 is 10.0 Å². The molecule has 0 spiro atoms. The van der Waals surface area contributed by atoms with E-state index in [1.165, 1.54) is 6.20 Å². The fraction of sp³-hybridized carbons (Fsp3) is 0.625. The molecule has 6 nitrogen and oxygen atoms in total. The number of H-pyrrole nitrogens is 1. The van der Waals surface area contributed by atoms with E-state index in [2.05, 4.69) is 19.4 Å². The van der Waals surface area contributed by atoms with Crippen molar-refractivity contribution in [1.82, 2.24) is 14.7 Å². The summed E-state index contributed by atoms with van der Waals surface area (Å²) in [6.07, 6.45) is -1.38. The molecular formula is C8H13F2N3O3S. The van der Waals surface area contributed by atoms with Gasteiger partial charge in [0.1, 0.15) is 12.4 Å². The molecule has 0 unspecified atom stereocenters. The van der Waals surface area contributed by atoms with Crippen LogP contribution in [0, 0.1) is 6.92 Å². The summed E-state index contributed by atoms with van der Waals surface area (Å²) in [6, 6.07) is 0. The van der Waals surface area contributed by atoms with E-state index in [9.17, 15) is 17.2 Å². The quantitative estimate of drug-likeness (QED) is 0.696. The minimum absolute atomic E-state index is 0.0659. The molecule has 98 valence electrons. The van der Waals surface area contributed by atoms with Gasteiger partial charge in [0.05, 0.1) is 12.8 Å². The molecule has 17 heavy (non-hydrogen) atoms. The highest BCUT2D eigenvalue weighted by atomic mass is 32.2. The van der Waals surface area contributed by atoms with Crippen molar-refractivity contribution in [2.24, 2.45) is 0 Å². The lowest BCUT2D eigenvalue weighted by atomic mass is 10.7. The molecule has 2 N–H and O–H groups in total. The topological polar surface area (TPSA) is 84.1 Å². The Morgan fingerprint density at radius 1 is 1.59 bits per heavy atom. The number of hydrogen-bond donors (Lipinski definition) is 2. The van der Waals surface area contributed by atoms with Gasteiger partial charge in [-0.25, -0.2) is 26.9 Å². The highest BCUT2D eigenvalue weighted by Gasteiger charge is 2.15. The molecule has 1 heterocycles. The smallest absolute Gasteiger partial charge is 0.261 e. The van der Waals surface area contributed by atoms with Crippen LogP contribution in [-0.2, 0) is 14.8 Å². The van der Waals surface area contributed by atoms with Gasteiger partial charge >= 0.3 is 0 Å².